The number of nitrogens with one attached hydrogen (secondary N) is 2. The number of aldehydes is 1. The number of methoxy groups -OCH3 is 1. The number of phenols is 1. The Labute approximate surface area is 226 Å². The van der Waals surface area contributed by atoms with Crippen LogP contribution in [0.5, 0.6) is 11.5 Å². The fraction of sp³-hybridized carbons (Fsp3) is 0.0357. The Kier molecular flexibility index (Phi) is 6.78. The second kappa shape index (κ2) is 10.2. The number of H-pyrrole nitrogens is 1. The minimum atomic E-state index is -4.32. The monoisotopic (exact) mass is 563 g/mol. The zero-order chi connectivity index (χ0) is 28.6. The van der Waals surface area contributed by atoms with Gasteiger partial charge in [0, 0.05) is 35.0 Å². The lowest BCUT2D eigenvalue weighted by Crippen LogP contribution is -2.16. The molecule has 0 aliphatic rings. The SMILES string of the molecule is COc1cccc(S(=O)(=O)Nc2ccc(F)c(C(=O)c3c[nH]c4ncc(-c5ccc(C=O)c(O)c5)cc34)c2F)c1. The second-order valence-electron chi connectivity index (χ2n) is 8.61. The third-order valence-corrected chi connectivity index (χ3v) is 7.54. The molecule has 0 aliphatic carbocycles. The molecule has 202 valence electrons. The van der Waals surface area contributed by atoms with Crippen LogP contribution >= 0.6 is 0 Å². The van der Waals surface area contributed by atoms with Crippen LogP contribution in [0.3, 0.4) is 0 Å². The summed E-state index contributed by atoms with van der Waals surface area (Å²) < 4.78 is 63.2. The van der Waals surface area contributed by atoms with E-state index in [0.29, 0.717) is 17.4 Å². The summed E-state index contributed by atoms with van der Waals surface area (Å²) in [6.07, 6.45) is 3.19. The van der Waals surface area contributed by atoms with Crippen molar-refractivity contribution in [2.45, 2.75) is 4.90 Å². The molecule has 0 saturated heterocycles. The summed E-state index contributed by atoms with van der Waals surface area (Å²) in [4.78, 5) is 31.2. The first-order chi connectivity index (χ1) is 19.1. The van der Waals surface area contributed by atoms with Crippen LogP contribution < -0.4 is 9.46 Å². The predicted octanol–water partition coefficient (Wildman–Crippen LogP) is 5.07. The van der Waals surface area contributed by atoms with Gasteiger partial charge in [-0.3, -0.25) is 14.3 Å². The average Bonchev–Trinajstić information content (AvgIpc) is 3.38. The Morgan fingerprint density at radius 1 is 1.07 bits per heavy atom. The second-order valence-corrected chi connectivity index (χ2v) is 10.3. The number of carbonyl (C=O) groups is 2. The zero-order valence-corrected chi connectivity index (χ0v) is 21.4. The molecule has 0 bridgehead atoms. The number of carbonyl (C=O) groups excluding carboxylic acids is 2. The van der Waals surface area contributed by atoms with Crippen LogP contribution in [0.1, 0.15) is 26.3 Å². The van der Waals surface area contributed by atoms with E-state index in [1.807, 2.05) is 0 Å². The molecule has 3 aromatic carbocycles. The highest BCUT2D eigenvalue weighted by Gasteiger charge is 2.27. The third-order valence-electron chi connectivity index (χ3n) is 6.18. The standard InChI is InChI=1S/C28H19F2N3O6S/c1-39-18-3-2-4-19(11-18)40(37,38)33-23-8-7-22(29)25(26(23)30)27(36)21-13-32-28-20(21)9-17(12-31-28)15-5-6-16(14-34)24(35)10-15/h2-14,33,35H,1H3,(H,31,32). The molecule has 40 heavy (non-hydrogen) atoms. The number of halogens is 2. The van der Waals surface area contributed by atoms with E-state index in [9.17, 15) is 27.5 Å². The summed E-state index contributed by atoms with van der Waals surface area (Å²) in [5, 5.41) is 10.3. The molecule has 12 heteroatoms. The van der Waals surface area contributed by atoms with Gasteiger partial charge in [-0.2, -0.15) is 0 Å². The Morgan fingerprint density at radius 3 is 2.60 bits per heavy atom. The summed E-state index contributed by atoms with van der Waals surface area (Å²) in [6, 6.07) is 13.0. The maximum absolute atomic E-state index is 15.5. The van der Waals surface area contributed by atoms with E-state index in [4.69, 9.17) is 4.74 Å². The number of sulfonamides is 1. The first-order valence-electron chi connectivity index (χ1n) is 11.6. The van der Waals surface area contributed by atoms with Crippen LogP contribution in [0.25, 0.3) is 22.2 Å². The number of nitrogens with zero attached hydrogens (tertiary/aromatic N) is 1. The van der Waals surface area contributed by atoms with Gasteiger partial charge in [0.25, 0.3) is 10.0 Å². The quantitative estimate of drug-likeness (QED) is 0.177. The molecule has 0 unspecified atom stereocenters. The lowest BCUT2D eigenvalue weighted by atomic mass is 9.99. The summed E-state index contributed by atoms with van der Waals surface area (Å²) in [5.41, 5.74) is -0.455. The van der Waals surface area contributed by atoms with Gasteiger partial charge in [-0.15, -0.1) is 0 Å². The fourth-order valence-corrected chi connectivity index (χ4v) is 5.21. The Morgan fingerprint density at radius 2 is 1.88 bits per heavy atom. The molecular weight excluding hydrogens is 544 g/mol. The van der Waals surface area contributed by atoms with Crippen LogP contribution in [0.4, 0.5) is 14.5 Å². The van der Waals surface area contributed by atoms with E-state index < -0.39 is 38.7 Å². The maximum atomic E-state index is 15.5. The number of phenolic OH excluding ortho intramolecular Hbond substituents is 1. The molecule has 0 radical (unpaired) electrons. The molecule has 9 nitrogen and oxygen atoms in total. The lowest BCUT2D eigenvalue weighted by Gasteiger charge is -2.12. The molecule has 2 heterocycles. The van der Waals surface area contributed by atoms with E-state index in [1.165, 1.54) is 62.0 Å². The number of aromatic amines is 1. The highest BCUT2D eigenvalue weighted by atomic mass is 32.2. The summed E-state index contributed by atoms with van der Waals surface area (Å²) in [7, 11) is -2.96. The van der Waals surface area contributed by atoms with Gasteiger partial charge in [-0.05, 0) is 48.0 Å². The van der Waals surface area contributed by atoms with Gasteiger partial charge in [-0.25, -0.2) is 22.2 Å². The molecule has 0 spiro atoms. The molecule has 2 aromatic heterocycles. The van der Waals surface area contributed by atoms with E-state index in [-0.39, 0.29) is 38.6 Å². The average molecular weight is 564 g/mol. The number of pyridine rings is 1. The molecule has 0 atom stereocenters. The Bertz CT molecular complexity index is 1920. The number of hydrogen-bond acceptors (Lipinski definition) is 7. The number of hydrogen-bond donors (Lipinski definition) is 3. The third kappa shape index (κ3) is 4.76. The first-order valence-corrected chi connectivity index (χ1v) is 13.1. The van der Waals surface area contributed by atoms with Gasteiger partial charge < -0.3 is 14.8 Å². The van der Waals surface area contributed by atoms with Crippen molar-refractivity contribution in [3.8, 4) is 22.6 Å². The van der Waals surface area contributed by atoms with Crippen molar-refractivity contribution in [2.75, 3.05) is 11.8 Å². The van der Waals surface area contributed by atoms with Crippen molar-refractivity contribution in [2.24, 2.45) is 0 Å². The molecule has 5 rings (SSSR count). The highest BCUT2D eigenvalue weighted by Crippen LogP contribution is 2.31. The molecule has 0 fully saturated rings. The number of rotatable bonds is 8. The lowest BCUT2D eigenvalue weighted by molar-refractivity contribution is 0.103. The number of ketones is 1. The van der Waals surface area contributed by atoms with Crippen molar-refractivity contribution in [3.05, 3.63) is 101 Å². The highest BCUT2D eigenvalue weighted by molar-refractivity contribution is 7.92. The Hall–Kier alpha value is -5.10. The first kappa shape index (κ1) is 26.5. The number of anilines is 1. The fourth-order valence-electron chi connectivity index (χ4n) is 4.12. The van der Waals surface area contributed by atoms with Crippen LogP contribution in [-0.4, -0.2) is 42.7 Å². The van der Waals surface area contributed by atoms with Gasteiger partial charge in [0.1, 0.15) is 23.0 Å². The van der Waals surface area contributed by atoms with Gasteiger partial charge in [0.05, 0.1) is 28.8 Å². The summed E-state index contributed by atoms with van der Waals surface area (Å²) in [6.45, 7) is 0. The van der Waals surface area contributed by atoms with E-state index in [0.717, 1.165) is 12.1 Å². The van der Waals surface area contributed by atoms with Crippen LogP contribution in [0, 0.1) is 11.6 Å². The van der Waals surface area contributed by atoms with Crippen molar-refractivity contribution < 1.29 is 36.6 Å². The van der Waals surface area contributed by atoms with Crippen LogP contribution in [-0.2, 0) is 10.0 Å². The number of benzene rings is 3. The molecule has 0 aliphatic heterocycles. The van der Waals surface area contributed by atoms with E-state index >= 15 is 4.39 Å². The summed E-state index contributed by atoms with van der Waals surface area (Å²) in [5.74, 6) is -3.65. The van der Waals surface area contributed by atoms with Gasteiger partial charge in [0.2, 0.25) is 5.78 Å². The number of aromatic hydroxyl groups is 1. The summed E-state index contributed by atoms with van der Waals surface area (Å²) >= 11 is 0. The normalized spacial score (nSPS) is 11.4. The minimum Gasteiger partial charge on any atom is -0.507 e. The predicted molar refractivity (Wildman–Crippen MR) is 142 cm³/mol. The number of aromatic nitrogens is 2. The van der Waals surface area contributed by atoms with E-state index in [1.54, 1.807) is 6.07 Å². The molecule has 0 amide bonds. The smallest absolute Gasteiger partial charge is 0.262 e. The van der Waals surface area contributed by atoms with Crippen molar-refractivity contribution in [1.82, 2.24) is 9.97 Å². The van der Waals surface area contributed by atoms with Crippen molar-refractivity contribution in [3.63, 3.8) is 0 Å². The van der Waals surface area contributed by atoms with Crippen molar-refractivity contribution >= 4 is 38.8 Å². The zero-order valence-electron chi connectivity index (χ0n) is 20.6. The maximum Gasteiger partial charge on any atom is 0.262 e. The van der Waals surface area contributed by atoms with Crippen molar-refractivity contribution in [1.29, 1.82) is 0 Å². The number of ether oxygens (including phenoxy) is 1. The Balaban J connectivity index is 1.54. The molecular formula is C28H19F2N3O6S. The molecule has 3 N–H and O–H groups in total. The number of fused-ring (bicyclic) bond motifs is 1. The van der Waals surface area contributed by atoms with Gasteiger partial charge in [0.15, 0.2) is 12.1 Å². The van der Waals surface area contributed by atoms with Gasteiger partial charge in [-0.1, -0.05) is 12.1 Å². The molecule has 0 saturated carbocycles. The minimum absolute atomic E-state index is 0.0863. The van der Waals surface area contributed by atoms with Crippen LogP contribution in [0.2, 0.25) is 0 Å². The van der Waals surface area contributed by atoms with Crippen LogP contribution in [0.15, 0.2) is 78.0 Å². The van der Waals surface area contributed by atoms with Gasteiger partial charge >= 0.3 is 0 Å². The molecule has 5 aromatic rings. The largest absolute Gasteiger partial charge is 0.507 e. The van der Waals surface area contributed by atoms with E-state index in [2.05, 4.69) is 14.7 Å². The topological polar surface area (TPSA) is 138 Å².